The molecular formula is C32H32O. The van der Waals surface area contributed by atoms with E-state index in [0.29, 0.717) is 0 Å². The fraction of sp³-hybridized carbons (Fsp3) is 0.250. The first kappa shape index (κ1) is 21.7. The second-order valence-electron chi connectivity index (χ2n) is 10.4. The predicted molar refractivity (Wildman–Crippen MR) is 139 cm³/mol. The van der Waals surface area contributed by atoms with Gasteiger partial charge in [0, 0.05) is 5.41 Å². The van der Waals surface area contributed by atoms with E-state index < -0.39 is 0 Å². The van der Waals surface area contributed by atoms with E-state index in [9.17, 15) is 0 Å². The first-order valence-corrected chi connectivity index (χ1v) is 11.8. The quantitative estimate of drug-likeness (QED) is 0.313. The van der Waals surface area contributed by atoms with Gasteiger partial charge in [-0.05, 0) is 59.7 Å². The van der Waals surface area contributed by atoms with Crippen LogP contribution in [0.2, 0.25) is 0 Å². The largest absolute Gasteiger partial charge is 0.366 e. The monoisotopic (exact) mass is 432 g/mol. The lowest BCUT2D eigenvalue weighted by molar-refractivity contribution is -0.294. The van der Waals surface area contributed by atoms with Gasteiger partial charge in [0.25, 0.3) is 0 Å². The van der Waals surface area contributed by atoms with Gasteiger partial charge in [0.15, 0.2) is 0 Å². The van der Waals surface area contributed by atoms with Crippen LogP contribution in [0.15, 0.2) is 97.1 Å². The molecule has 0 N–H and O–H groups in total. The van der Waals surface area contributed by atoms with Gasteiger partial charge in [-0.15, -0.1) is 0 Å². The summed E-state index contributed by atoms with van der Waals surface area (Å²) in [6.07, 6.45) is 0.159. The van der Waals surface area contributed by atoms with Crippen LogP contribution >= 0.6 is 0 Å². The van der Waals surface area contributed by atoms with Crippen molar-refractivity contribution in [2.24, 2.45) is 5.41 Å². The summed E-state index contributed by atoms with van der Waals surface area (Å²) in [6.45, 7) is 11.1. The lowest BCUT2D eigenvalue weighted by Gasteiger charge is -2.58. The van der Waals surface area contributed by atoms with Crippen molar-refractivity contribution in [1.29, 1.82) is 0 Å². The van der Waals surface area contributed by atoms with Crippen LogP contribution in [-0.4, -0.2) is 5.60 Å². The highest BCUT2D eigenvalue weighted by Crippen LogP contribution is 2.57. The third-order valence-electron chi connectivity index (χ3n) is 7.62. The average molecular weight is 433 g/mol. The number of ether oxygens (including phenoxy) is 1. The van der Waals surface area contributed by atoms with Gasteiger partial charge in [0.05, 0.1) is 11.7 Å². The summed E-state index contributed by atoms with van der Waals surface area (Å²) in [5, 5.41) is 0. The van der Waals surface area contributed by atoms with Crippen LogP contribution in [-0.2, 0) is 4.74 Å². The molecule has 1 nitrogen and oxygen atoms in total. The molecule has 5 rings (SSSR count). The molecule has 33 heavy (non-hydrogen) atoms. The van der Waals surface area contributed by atoms with Crippen LogP contribution in [0.3, 0.4) is 0 Å². The highest BCUT2D eigenvalue weighted by molar-refractivity contribution is 5.73. The lowest BCUT2D eigenvalue weighted by atomic mass is 9.65. The molecule has 0 amide bonds. The molecule has 4 aromatic carbocycles. The van der Waals surface area contributed by atoms with Gasteiger partial charge in [0.2, 0.25) is 0 Å². The molecule has 1 saturated heterocycles. The predicted octanol–water partition coefficient (Wildman–Crippen LogP) is 8.87. The zero-order chi connectivity index (χ0) is 23.2. The molecule has 0 aromatic heterocycles. The maximum absolute atomic E-state index is 6.18. The summed E-state index contributed by atoms with van der Waals surface area (Å²) in [5.41, 5.74) is 10.0. The van der Waals surface area contributed by atoms with Gasteiger partial charge in [0.1, 0.15) is 0 Å². The summed E-state index contributed by atoms with van der Waals surface area (Å²) >= 11 is 0. The van der Waals surface area contributed by atoms with Crippen LogP contribution in [0.25, 0.3) is 33.4 Å². The Morgan fingerprint density at radius 3 is 1.36 bits per heavy atom. The first-order chi connectivity index (χ1) is 15.7. The molecule has 1 aliphatic heterocycles. The Hall–Kier alpha value is -3.16. The Balaban J connectivity index is 1.32. The molecule has 0 radical (unpaired) electrons. The standard InChI is InChI=1S/C32H32O/c1-22-7-6-8-29(21-22)27-15-13-25(14-16-27)23-9-11-24(12-10-23)26-17-19-28(20-18-26)30-31(2,3)32(4,5)33-30/h6-21,30H,1-5H3. The third kappa shape index (κ3) is 3.92. The van der Waals surface area contributed by atoms with E-state index in [0.717, 1.165) is 0 Å². The molecule has 1 aliphatic rings. The fourth-order valence-corrected chi connectivity index (χ4v) is 4.72. The van der Waals surface area contributed by atoms with Crippen molar-refractivity contribution in [2.45, 2.75) is 46.3 Å². The van der Waals surface area contributed by atoms with Crippen LogP contribution in [0.5, 0.6) is 0 Å². The van der Waals surface area contributed by atoms with E-state index in [2.05, 4.69) is 132 Å². The summed E-state index contributed by atoms with van der Waals surface area (Å²) in [5.74, 6) is 0. The van der Waals surface area contributed by atoms with E-state index in [1.807, 2.05) is 0 Å². The minimum atomic E-state index is -0.0790. The molecule has 0 saturated carbocycles. The van der Waals surface area contributed by atoms with E-state index in [1.54, 1.807) is 0 Å². The molecule has 1 heterocycles. The molecular weight excluding hydrogens is 400 g/mol. The SMILES string of the molecule is Cc1cccc(-c2ccc(-c3ccc(-c4ccc(C5OC(C)(C)C5(C)C)cc4)cc3)cc2)c1. The van der Waals surface area contributed by atoms with Gasteiger partial charge < -0.3 is 4.74 Å². The fourth-order valence-electron chi connectivity index (χ4n) is 4.72. The van der Waals surface area contributed by atoms with Gasteiger partial charge in [-0.1, -0.05) is 116 Å². The number of hydrogen-bond acceptors (Lipinski definition) is 1. The molecule has 1 fully saturated rings. The van der Waals surface area contributed by atoms with Crippen molar-refractivity contribution < 1.29 is 4.74 Å². The minimum Gasteiger partial charge on any atom is -0.366 e. The maximum atomic E-state index is 6.18. The van der Waals surface area contributed by atoms with Gasteiger partial charge in [-0.25, -0.2) is 0 Å². The summed E-state index contributed by atoms with van der Waals surface area (Å²) in [4.78, 5) is 0. The van der Waals surface area contributed by atoms with Crippen LogP contribution in [0.1, 0.15) is 44.9 Å². The Labute approximate surface area is 198 Å². The number of aryl methyl sites for hydroxylation is 1. The van der Waals surface area contributed by atoms with Crippen molar-refractivity contribution >= 4 is 0 Å². The molecule has 1 unspecified atom stereocenters. The maximum Gasteiger partial charge on any atom is 0.0910 e. The molecule has 1 heteroatoms. The second kappa shape index (κ2) is 8.01. The Morgan fingerprint density at radius 2 is 0.970 bits per heavy atom. The van der Waals surface area contributed by atoms with Crippen molar-refractivity contribution in [2.75, 3.05) is 0 Å². The van der Waals surface area contributed by atoms with E-state index >= 15 is 0 Å². The van der Waals surface area contributed by atoms with Crippen molar-refractivity contribution in [3.8, 4) is 33.4 Å². The van der Waals surface area contributed by atoms with Gasteiger partial charge in [-0.2, -0.15) is 0 Å². The topological polar surface area (TPSA) is 9.23 Å². The molecule has 0 bridgehead atoms. The zero-order valence-corrected chi connectivity index (χ0v) is 20.2. The smallest absolute Gasteiger partial charge is 0.0910 e. The Bertz CT molecular complexity index is 1260. The molecule has 4 aromatic rings. The molecule has 0 aliphatic carbocycles. The summed E-state index contributed by atoms with van der Waals surface area (Å²) in [7, 11) is 0. The van der Waals surface area contributed by atoms with Gasteiger partial charge in [-0.3, -0.25) is 0 Å². The Morgan fingerprint density at radius 1 is 0.545 bits per heavy atom. The Kier molecular flexibility index (Phi) is 5.26. The highest BCUT2D eigenvalue weighted by atomic mass is 16.5. The molecule has 166 valence electrons. The summed E-state index contributed by atoms with van der Waals surface area (Å²) in [6, 6.07) is 35.2. The molecule has 0 spiro atoms. The summed E-state index contributed by atoms with van der Waals surface area (Å²) < 4.78 is 6.18. The number of rotatable bonds is 4. The minimum absolute atomic E-state index is 0.0790. The van der Waals surface area contributed by atoms with Crippen LogP contribution < -0.4 is 0 Å². The second-order valence-corrected chi connectivity index (χ2v) is 10.4. The van der Waals surface area contributed by atoms with E-state index in [4.69, 9.17) is 4.74 Å². The van der Waals surface area contributed by atoms with E-state index in [1.165, 1.54) is 44.5 Å². The van der Waals surface area contributed by atoms with Crippen molar-refractivity contribution in [3.63, 3.8) is 0 Å². The average Bonchev–Trinajstić information content (AvgIpc) is 2.83. The number of hydrogen-bond donors (Lipinski definition) is 0. The van der Waals surface area contributed by atoms with Crippen molar-refractivity contribution in [3.05, 3.63) is 108 Å². The normalized spacial score (nSPS) is 18.5. The van der Waals surface area contributed by atoms with Crippen LogP contribution in [0.4, 0.5) is 0 Å². The van der Waals surface area contributed by atoms with E-state index in [-0.39, 0.29) is 17.1 Å². The van der Waals surface area contributed by atoms with Crippen LogP contribution in [0, 0.1) is 12.3 Å². The van der Waals surface area contributed by atoms with Gasteiger partial charge >= 0.3 is 0 Å². The highest BCUT2D eigenvalue weighted by Gasteiger charge is 2.56. The van der Waals surface area contributed by atoms with Crippen molar-refractivity contribution in [1.82, 2.24) is 0 Å². The third-order valence-corrected chi connectivity index (χ3v) is 7.62. The molecule has 1 atom stereocenters. The lowest BCUT2D eigenvalue weighted by Crippen LogP contribution is -2.57. The number of benzene rings is 4. The first-order valence-electron chi connectivity index (χ1n) is 11.8. The zero-order valence-electron chi connectivity index (χ0n) is 20.2.